The molecule has 2 aromatic heterocycles. The van der Waals surface area contributed by atoms with E-state index < -0.39 is 0 Å². The van der Waals surface area contributed by atoms with Gasteiger partial charge in [0.05, 0.1) is 12.5 Å². The van der Waals surface area contributed by atoms with Gasteiger partial charge in [0.25, 0.3) is 5.56 Å². The fourth-order valence-corrected chi connectivity index (χ4v) is 5.84. The Kier molecular flexibility index (Phi) is 6.10. The highest BCUT2D eigenvalue weighted by Gasteiger charge is 2.59. The summed E-state index contributed by atoms with van der Waals surface area (Å²) in [4.78, 5) is 30.5. The highest BCUT2D eigenvalue weighted by molar-refractivity contribution is 8.00. The number of hydrogen-bond acceptors (Lipinski definition) is 6. The summed E-state index contributed by atoms with van der Waals surface area (Å²) < 4.78 is 10.4. The van der Waals surface area contributed by atoms with Crippen molar-refractivity contribution in [3.63, 3.8) is 0 Å². The second-order valence-corrected chi connectivity index (χ2v) is 10.4. The van der Waals surface area contributed by atoms with Crippen molar-refractivity contribution in [1.29, 1.82) is 0 Å². The van der Waals surface area contributed by atoms with Gasteiger partial charge in [-0.05, 0) is 55.9 Å². The third-order valence-electron chi connectivity index (χ3n) is 7.38. The van der Waals surface area contributed by atoms with E-state index in [0.717, 1.165) is 66.0 Å². The van der Waals surface area contributed by atoms with Crippen molar-refractivity contribution in [2.24, 2.45) is 18.4 Å². The zero-order chi connectivity index (χ0) is 23.9. The fourth-order valence-electron chi connectivity index (χ4n) is 5.40. The summed E-state index contributed by atoms with van der Waals surface area (Å²) in [7, 11) is 1.80. The molecule has 3 heterocycles. The Morgan fingerprint density at radius 1 is 1.24 bits per heavy atom. The lowest BCUT2D eigenvalue weighted by atomic mass is 9.89. The molecule has 180 valence electrons. The monoisotopic (exact) mass is 480 g/mol. The van der Waals surface area contributed by atoms with E-state index in [4.69, 9.17) is 4.74 Å². The number of aryl methyl sites for hydroxylation is 1. The third-order valence-corrected chi connectivity index (χ3v) is 8.04. The number of H-pyrrole nitrogens is 1. The molecule has 0 radical (unpaired) electrons. The van der Waals surface area contributed by atoms with Gasteiger partial charge in [0, 0.05) is 66.2 Å². The van der Waals surface area contributed by atoms with Crippen LogP contribution in [0.1, 0.15) is 33.1 Å². The molecular formula is C26H32N4O3S. The molecule has 1 saturated carbocycles. The van der Waals surface area contributed by atoms with Crippen LogP contribution in [0, 0.1) is 11.3 Å². The number of carbonyl (C=O) groups excluding carboxylic acids is 1. The second-order valence-electron chi connectivity index (χ2n) is 9.35. The standard InChI is InChI=1S/C26H32N4O3S/c1-4-33-25(32)21-15-26(21)9-12-30(13-10-26)22-7-6-17(28-34-5-2)14-19(22)20-16-29(3)24(31)23-18(20)8-11-27-23/h6-8,11,14,16,21,27-28H,4-5,9-10,12-13,15H2,1-3H3. The molecule has 1 saturated heterocycles. The van der Waals surface area contributed by atoms with Gasteiger partial charge in [0.15, 0.2) is 0 Å². The summed E-state index contributed by atoms with van der Waals surface area (Å²) in [5.41, 5.74) is 5.06. The predicted molar refractivity (Wildman–Crippen MR) is 139 cm³/mol. The van der Waals surface area contributed by atoms with E-state index >= 15 is 0 Å². The molecule has 8 heteroatoms. The number of nitrogens with one attached hydrogen (secondary N) is 2. The molecule has 2 fully saturated rings. The number of ether oxygens (including phenoxy) is 1. The highest BCUT2D eigenvalue weighted by Crippen LogP contribution is 2.60. The Bertz CT molecular complexity index is 1270. The van der Waals surface area contributed by atoms with Gasteiger partial charge in [0.2, 0.25) is 0 Å². The van der Waals surface area contributed by atoms with Crippen molar-refractivity contribution in [2.45, 2.75) is 33.1 Å². The minimum atomic E-state index is -0.0280. The first-order valence-corrected chi connectivity index (χ1v) is 13.1. The lowest BCUT2D eigenvalue weighted by molar-refractivity contribution is -0.145. The van der Waals surface area contributed by atoms with Gasteiger partial charge in [-0.1, -0.05) is 18.9 Å². The second kappa shape index (κ2) is 9.06. The topological polar surface area (TPSA) is 79.4 Å². The molecule has 1 aliphatic carbocycles. The maximum absolute atomic E-state index is 12.6. The molecule has 2 aliphatic rings. The summed E-state index contributed by atoms with van der Waals surface area (Å²) in [6, 6.07) is 8.48. The first kappa shape index (κ1) is 22.9. The lowest BCUT2D eigenvalue weighted by Crippen LogP contribution is -2.36. The van der Waals surface area contributed by atoms with Crippen LogP contribution in [0.5, 0.6) is 0 Å². The Morgan fingerprint density at radius 3 is 2.76 bits per heavy atom. The number of hydrogen-bond donors (Lipinski definition) is 2. The molecular weight excluding hydrogens is 448 g/mol. The van der Waals surface area contributed by atoms with Gasteiger partial charge >= 0.3 is 5.97 Å². The summed E-state index contributed by atoms with van der Waals surface area (Å²) in [6.07, 6.45) is 6.71. The predicted octanol–water partition coefficient (Wildman–Crippen LogP) is 4.78. The van der Waals surface area contributed by atoms with Crippen LogP contribution in [-0.2, 0) is 16.6 Å². The number of benzene rings is 1. The first-order chi connectivity index (χ1) is 16.5. The average Bonchev–Trinajstić information content (AvgIpc) is 3.31. The largest absolute Gasteiger partial charge is 0.466 e. The Hall–Kier alpha value is -2.87. The number of aromatic amines is 1. The Morgan fingerprint density at radius 2 is 2.03 bits per heavy atom. The number of carbonyl (C=O) groups is 1. The van der Waals surface area contributed by atoms with Crippen molar-refractivity contribution in [2.75, 3.05) is 35.1 Å². The molecule has 5 rings (SSSR count). The van der Waals surface area contributed by atoms with Gasteiger partial charge < -0.3 is 23.9 Å². The van der Waals surface area contributed by atoms with E-state index in [1.807, 2.05) is 25.4 Å². The maximum atomic E-state index is 12.6. The number of fused-ring (bicyclic) bond motifs is 1. The number of pyridine rings is 1. The fraction of sp³-hybridized carbons (Fsp3) is 0.462. The molecule has 1 spiro atoms. The van der Waals surface area contributed by atoms with Crippen LogP contribution in [-0.4, -0.2) is 41.0 Å². The molecule has 1 aliphatic heterocycles. The summed E-state index contributed by atoms with van der Waals surface area (Å²) in [5.74, 6) is 1.00. The number of rotatable bonds is 7. The maximum Gasteiger partial charge on any atom is 0.309 e. The number of aromatic nitrogens is 2. The van der Waals surface area contributed by atoms with Gasteiger partial charge in [0.1, 0.15) is 5.52 Å². The minimum absolute atomic E-state index is 0.0273. The van der Waals surface area contributed by atoms with Crippen LogP contribution in [0.3, 0.4) is 0 Å². The van der Waals surface area contributed by atoms with Crippen LogP contribution in [0.2, 0.25) is 0 Å². The molecule has 2 N–H and O–H groups in total. The number of esters is 1. The van der Waals surface area contributed by atoms with E-state index in [1.54, 1.807) is 23.6 Å². The number of nitrogens with zero attached hydrogens (tertiary/aromatic N) is 2. The third kappa shape index (κ3) is 3.98. The molecule has 0 amide bonds. The molecule has 1 atom stereocenters. The van der Waals surface area contributed by atoms with Crippen LogP contribution >= 0.6 is 11.9 Å². The van der Waals surface area contributed by atoms with Crippen molar-refractivity contribution < 1.29 is 9.53 Å². The Balaban J connectivity index is 1.49. The van der Waals surface area contributed by atoms with E-state index in [9.17, 15) is 9.59 Å². The van der Waals surface area contributed by atoms with E-state index in [0.29, 0.717) is 12.1 Å². The molecule has 34 heavy (non-hydrogen) atoms. The van der Waals surface area contributed by atoms with Crippen molar-refractivity contribution in [1.82, 2.24) is 9.55 Å². The SMILES string of the molecule is CCOC(=O)C1CC12CCN(c1ccc(NSCC)cc1-c1cn(C)c(=O)c3[nH]ccc13)CC2. The van der Waals surface area contributed by atoms with Crippen LogP contribution in [0.15, 0.2) is 41.5 Å². The molecule has 0 bridgehead atoms. The lowest BCUT2D eigenvalue weighted by Gasteiger charge is -2.36. The van der Waals surface area contributed by atoms with Crippen LogP contribution < -0.4 is 15.2 Å². The smallest absolute Gasteiger partial charge is 0.309 e. The summed E-state index contributed by atoms with van der Waals surface area (Å²) >= 11 is 1.66. The minimum Gasteiger partial charge on any atom is -0.466 e. The van der Waals surface area contributed by atoms with Crippen molar-refractivity contribution in [3.05, 3.63) is 47.0 Å². The van der Waals surface area contributed by atoms with Crippen molar-refractivity contribution in [3.8, 4) is 11.1 Å². The first-order valence-electron chi connectivity index (χ1n) is 12.1. The zero-order valence-electron chi connectivity index (χ0n) is 20.0. The van der Waals surface area contributed by atoms with Crippen LogP contribution in [0.25, 0.3) is 22.0 Å². The average molecular weight is 481 g/mol. The number of anilines is 2. The van der Waals surface area contributed by atoms with Gasteiger partial charge in [-0.25, -0.2) is 0 Å². The van der Waals surface area contributed by atoms with Gasteiger partial charge in [-0.15, -0.1) is 0 Å². The normalized spacial score (nSPS) is 18.9. The molecule has 3 aromatic rings. The quantitative estimate of drug-likeness (QED) is 0.374. The number of piperidine rings is 1. The highest BCUT2D eigenvalue weighted by atomic mass is 32.2. The Labute approximate surface area is 204 Å². The van der Waals surface area contributed by atoms with E-state index in [1.165, 1.54) is 0 Å². The van der Waals surface area contributed by atoms with Crippen molar-refractivity contribution >= 4 is 40.2 Å². The summed E-state index contributed by atoms with van der Waals surface area (Å²) in [5, 5.41) is 0.933. The van der Waals surface area contributed by atoms with Crippen LogP contribution in [0.4, 0.5) is 11.4 Å². The van der Waals surface area contributed by atoms with E-state index in [-0.39, 0.29) is 22.9 Å². The molecule has 7 nitrogen and oxygen atoms in total. The van der Waals surface area contributed by atoms with E-state index in [2.05, 4.69) is 39.7 Å². The van der Waals surface area contributed by atoms with Gasteiger partial charge in [-0.2, -0.15) is 0 Å². The molecule has 1 aromatic carbocycles. The zero-order valence-corrected chi connectivity index (χ0v) is 20.8. The van der Waals surface area contributed by atoms with Gasteiger partial charge in [-0.3, -0.25) is 9.59 Å². The molecule has 1 unspecified atom stereocenters. The summed E-state index contributed by atoms with van der Waals surface area (Å²) in [6.45, 7) is 6.25.